The summed E-state index contributed by atoms with van der Waals surface area (Å²) in [5, 5.41) is 14.7. The Balaban J connectivity index is 1.64. The van der Waals surface area contributed by atoms with Crippen molar-refractivity contribution in [3.63, 3.8) is 0 Å². The van der Waals surface area contributed by atoms with Crippen LogP contribution in [0.3, 0.4) is 0 Å². The van der Waals surface area contributed by atoms with Crippen molar-refractivity contribution < 1.29 is 14.7 Å². The number of anilines is 1. The number of carbonyl (C=O) groups excluding carboxylic acids is 1. The standard InChI is InChI=1S/C17H15N3O3S/c21-15(13-6-3-9-20(13)17(22)23)19-16-18-12-8-7-10-4-1-2-5-11(10)14(12)24-16/h1-2,4-5,7-8,13H,3,6,9H2,(H,22,23)(H,18,19,21). The van der Waals surface area contributed by atoms with E-state index in [0.29, 0.717) is 24.5 Å². The van der Waals surface area contributed by atoms with Crippen molar-refractivity contribution in [1.29, 1.82) is 0 Å². The Bertz CT molecular complexity index is 953. The minimum atomic E-state index is -1.05. The van der Waals surface area contributed by atoms with E-state index in [2.05, 4.69) is 10.3 Å². The highest BCUT2D eigenvalue weighted by Gasteiger charge is 2.34. The zero-order chi connectivity index (χ0) is 16.7. The highest BCUT2D eigenvalue weighted by atomic mass is 32.1. The van der Waals surface area contributed by atoms with Gasteiger partial charge in [-0.15, -0.1) is 0 Å². The van der Waals surface area contributed by atoms with Crippen LogP contribution in [-0.2, 0) is 4.79 Å². The largest absolute Gasteiger partial charge is 0.465 e. The smallest absolute Gasteiger partial charge is 0.407 e. The molecule has 0 radical (unpaired) electrons. The monoisotopic (exact) mass is 341 g/mol. The van der Waals surface area contributed by atoms with Crippen molar-refractivity contribution in [2.45, 2.75) is 18.9 Å². The van der Waals surface area contributed by atoms with E-state index in [-0.39, 0.29) is 5.91 Å². The van der Waals surface area contributed by atoms with Crippen LogP contribution in [0.1, 0.15) is 12.8 Å². The molecule has 7 heteroatoms. The van der Waals surface area contributed by atoms with Crippen LogP contribution in [0.5, 0.6) is 0 Å². The normalized spacial score (nSPS) is 17.5. The summed E-state index contributed by atoms with van der Waals surface area (Å²) in [7, 11) is 0. The minimum Gasteiger partial charge on any atom is -0.465 e. The number of fused-ring (bicyclic) bond motifs is 3. The van der Waals surface area contributed by atoms with Crippen LogP contribution in [-0.4, -0.2) is 39.6 Å². The fourth-order valence-corrected chi connectivity index (χ4v) is 4.17. The van der Waals surface area contributed by atoms with Crippen molar-refractivity contribution in [3.8, 4) is 0 Å². The summed E-state index contributed by atoms with van der Waals surface area (Å²) in [4.78, 5) is 29.3. The first kappa shape index (κ1) is 14.9. The van der Waals surface area contributed by atoms with Crippen LogP contribution in [0.25, 0.3) is 21.0 Å². The number of nitrogens with one attached hydrogen (secondary N) is 1. The number of likely N-dealkylation sites (tertiary alicyclic amines) is 1. The average molecular weight is 341 g/mol. The lowest BCUT2D eigenvalue weighted by atomic mass is 10.1. The minimum absolute atomic E-state index is 0.307. The summed E-state index contributed by atoms with van der Waals surface area (Å²) in [6, 6.07) is 11.3. The van der Waals surface area contributed by atoms with E-state index in [9.17, 15) is 9.59 Å². The van der Waals surface area contributed by atoms with Crippen LogP contribution in [0.4, 0.5) is 9.93 Å². The van der Waals surface area contributed by atoms with E-state index in [1.807, 2.05) is 36.4 Å². The third kappa shape index (κ3) is 2.46. The summed E-state index contributed by atoms with van der Waals surface area (Å²) < 4.78 is 1.02. The third-order valence-electron chi connectivity index (χ3n) is 4.31. The molecule has 2 amide bonds. The average Bonchev–Trinajstić information content (AvgIpc) is 3.21. The van der Waals surface area contributed by atoms with Gasteiger partial charge in [0, 0.05) is 11.9 Å². The third-order valence-corrected chi connectivity index (χ3v) is 5.33. The first-order valence-corrected chi connectivity index (χ1v) is 8.54. The number of carbonyl (C=O) groups is 2. The Hall–Kier alpha value is -2.67. The molecule has 1 aliphatic heterocycles. The van der Waals surface area contributed by atoms with Gasteiger partial charge in [0.15, 0.2) is 5.13 Å². The maximum atomic E-state index is 12.4. The van der Waals surface area contributed by atoms with Crippen LogP contribution in [0.15, 0.2) is 36.4 Å². The Morgan fingerprint density at radius 3 is 2.92 bits per heavy atom. The van der Waals surface area contributed by atoms with Crippen LogP contribution < -0.4 is 5.32 Å². The number of nitrogens with zero attached hydrogens (tertiary/aromatic N) is 2. The number of thiazole rings is 1. The highest BCUT2D eigenvalue weighted by Crippen LogP contribution is 2.33. The molecular weight excluding hydrogens is 326 g/mol. The molecule has 0 saturated carbocycles. The molecule has 6 nitrogen and oxygen atoms in total. The van der Waals surface area contributed by atoms with E-state index in [1.165, 1.54) is 16.2 Å². The molecule has 1 aromatic heterocycles. The molecule has 1 aliphatic rings. The summed E-state index contributed by atoms with van der Waals surface area (Å²) in [5.74, 6) is -0.307. The zero-order valence-electron chi connectivity index (χ0n) is 12.7. The van der Waals surface area contributed by atoms with Gasteiger partial charge in [-0.25, -0.2) is 9.78 Å². The van der Waals surface area contributed by atoms with Crippen LogP contribution >= 0.6 is 11.3 Å². The van der Waals surface area contributed by atoms with Gasteiger partial charge in [-0.05, 0) is 24.3 Å². The summed E-state index contributed by atoms with van der Waals surface area (Å²) >= 11 is 1.41. The quantitative estimate of drug-likeness (QED) is 0.747. The Morgan fingerprint density at radius 1 is 1.25 bits per heavy atom. The van der Waals surface area contributed by atoms with Crippen molar-refractivity contribution in [2.24, 2.45) is 0 Å². The predicted molar refractivity (Wildman–Crippen MR) is 93.5 cm³/mol. The highest BCUT2D eigenvalue weighted by molar-refractivity contribution is 7.23. The number of benzene rings is 2. The second-order valence-corrected chi connectivity index (χ2v) is 6.78. The van der Waals surface area contributed by atoms with Gasteiger partial charge in [-0.1, -0.05) is 41.7 Å². The van der Waals surface area contributed by atoms with E-state index >= 15 is 0 Å². The number of amides is 2. The maximum absolute atomic E-state index is 12.4. The van der Waals surface area contributed by atoms with Crippen molar-refractivity contribution in [1.82, 2.24) is 9.88 Å². The number of rotatable bonds is 2. The lowest BCUT2D eigenvalue weighted by Crippen LogP contribution is -2.42. The van der Waals surface area contributed by atoms with E-state index in [1.54, 1.807) is 0 Å². The Kier molecular flexibility index (Phi) is 3.57. The summed E-state index contributed by atoms with van der Waals surface area (Å²) in [5.41, 5.74) is 0.829. The number of hydrogen-bond donors (Lipinski definition) is 2. The molecule has 3 aromatic rings. The Labute approximate surface area is 141 Å². The van der Waals surface area contributed by atoms with Gasteiger partial charge in [0.25, 0.3) is 0 Å². The first-order valence-electron chi connectivity index (χ1n) is 7.72. The van der Waals surface area contributed by atoms with Gasteiger partial charge in [0.2, 0.25) is 5.91 Å². The molecule has 122 valence electrons. The molecule has 24 heavy (non-hydrogen) atoms. The first-order chi connectivity index (χ1) is 11.6. The number of carboxylic acid groups (broad SMARTS) is 1. The fraction of sp³-hybridized carbons (Fsp3) is 0.235. The number of hydrogen-bond acceptors (Lipinski definition) is 4. The van der Waals surface area contributed by atoms with Gasteiger partial charge in [-0.2, -0.15) is 0 Å². The SMILES string of the molecule is O=C(Nc1nc2ccc3ccccc3c2s1)C1CCCN1C(=O)O. The summed E-state index contributed by atoms with van der Waals surface area (Å²) in [6.07, 6.45) is 0.198. The lowest BCUT2D eigenvalue weighted by Gasteiger charge is -2.19. The second kappa shape index (κ2) is 5.76. The molecule has 4 rings (SSSR count). The molecule has 1 atom stereocenters. The van der Waals surface area contributed by atoms with Crippen molar-refractivity contribution >= 4 is 49.5 Å². The molecule has 0 bridgehead atoms. The molecular formula is C17H15N3O3S. The number of aromatic nitrogens is 1. The predicted octanol–water partition coefficient (Wildman–Crippen LogP) is 3.53. The molecule has 2 N–H and O–H groups in total. The molecule has 0 aliphatic carbocycles. The van der Waals surface area contributed by atoms with E-state index < -0.39 is 12.1 Å². The van der Waals surface area contributed by atoms with Gasteiger partial charge in [0.1, 0.15) is 6.04 Å². The van der Waals surface area contributed by atoms with Crippen LogP contribution in [0.2, 0.25) is 0 Å². The van der Waals surface area contributed by atoms with Gasteiger partial charge in [0.05, 0.1) is 10.2 Å². The van der Waals surface area contributed by atoms with Gasteiger partial charge in [-0.3, -0.25) is 9.69 Å². The van der Waals surface area contributed by atoms with Crippen molar-refractivity contribution in [2.75, 3.05) is 11.9 Å². The molecule has 1 unspecified atom stereocenters. The van der Waals surface area contributed by atoms with E-state index in [0.717, 1.165) is 21.0 Å². The Morgan fingerprint density at radius 2 is 2.08 bits per heavy atom. The van der Waals surface area contributed by atoms with Gasteiger partial charge < -0.3 is 10.4 Å². The molecule has 1 saturated heterocycles. The molecule has 1 fully saturated rings. The second-order valence-electron chi connectivity index (χ2n) is 5.78. The zero-order valence-corrected chi connectivity index (χ0v) is 13.5. The topological polar surface area (TPSA) is 82.5 Å². The lowest BCUT2D eigenvalue weighted by molar-refractivity contribution is -0.119. The van der Waals surface area contributed by atoms with Crippen molar-refractivity contribution in [3.05, 3.63) is 36.4 Å². The molecule has 0 spiro atoms. The fourth-order valence-electron chi connectivity index (χ4n) is 3.17. The summed E-state index contributed by atoms with van der Waals surface area (Å²) in [6.45, 7) is 0.401. The molecule has 2 aromatic carbocycles. The van der Waals surface area contributed by atoms with Gasteiger partial charge >= 0.3 is 6.09 Å². The molecule has 2 heterocycles. The maximum Gasteiger partial charge on any atom is 0.407 e. The van der Waals surface area contributed by atoms with E-state index in [4.69, 9.17) is 5.11 Å². The van der Waals surface area contributed by atoms with Crippen LogP contribution in [0, 0.1) is 0 Å².